The molecular formula is C17H22N4O3. The lowest BCUT2D eigenvalue weighted by Gasteiger charge is -2.16. The first-order valence-corrected chi connectivity index (χ1v) is 7.85. The number of carbonyl (C=O) groups is 1. The number of rotatable bonds is 8. The van der Waals surface area contributed by atoms with Crippen molar-refractivity contribution in [3.05, 3.63) is 42.0 Å². The van der Waals surface area contributed by atoms with E-state index in [0.29, 0.717) is 24.2 Å². The molecule has 7 nitrogen and oxygen atoms in total. The van der Waals surface area contributed by atoms with Gasteiger partial charge in [-0.05, 0) is 30.9 Å². The lowest BCUT2D eigenvalue weighted by Crippen LogP contribution is -2.15. The van der Waals surface area contributed by atoms with Gasteiger partial charge in [-0.25, -0.2) is 19.7 Å². The molecule has 1 atom stereocenters. The van der Waals surface area contributed by atoms with E-state index in [9.17, 15) is 4.79 Å². The number of ether oxygens (including phenoxy) is 1. The van der Waals surface area contributed by atoms with Gasteiger partial charge in [0.15, 0.2) is 5.69 Å². The number of hydrogen-bond acceptors (Lipinski definition) is 6. The number of nitrogens with one attached hydrogen (secondary N) is 1. The van der Waals surface area contributed by atoms with Crippen LogP contribution in [0.3, 0.4) is 0 Å². The minimum absolute atomic E-state index is 0.0840. The van der Waals surface area contributed by atoms with Crippen molar-refractivity contribution in [2.24, 2.45) is 5.92 Å². The van der Waals surface area contributed by atoms with Crippen molar-refractivity contribution < 1.29 is 14.6 Å². The Balaban J connectivity index is 1.93. The number of carboxylic acid groups (broad SMARTS) is 1. The van der Waals surface area contributed by atoms with Crippen molar-refractivity contribution in [3.63, 3.8) is 0 Å². The minimum atomic E-state index is -1.10. The Morgan fingerprint density at radius 3 is 2.67 bits per heavy atom. The lowest BCUT2D eigenvalue weighted by molar-refractivity contribution is 0.0690. The Kier molecular flexibility index (Phi) is 6.06. The third-order valence-electron chi connectivity index (χ3n) is 3.27. The molecule has 2 heterocycles. The molecule has 0 bridgehead atoms. The zero-order valence-corrected chi connectivity index (χ0v) is 14.1. The van der Waals surface area contributed by atoms with Crippen molar-refractivity contribution in [3.8, 4) is 5.88 Å². The van der Waals surface area contributed by atoms with E-state index in [0.717, 1.165) is 12.0 Å². The summed E-state index contributed by atoms with van der Waals surface area (Å²) in [6, 6.07) is 3.76. The fourth-order valence-corrected chi connectivity index (χ4v) is 2.27. The summed E-state index contributed by atoms with van der Waals surface area (Å²) in [6.45, 7) is 6.86. The van der Waals surface area contributed by atoms with E-state index in [2.05, 4.69) is 34.1 Å². The van der Waals surface area contributed by atoms with E-state index in [1.54, 1.807) is 6.20 Å². The Hall–Kier alpha value is -2.70. The highest BCUT2D eigenvalue weighted by Gasteiger charge is 2.08. The highest BCUT2D eigenvalue weighted by molar-refractivity contribution is 5.84. The predicted molar refractivity (Wildman–Crippen MR) is 90.1 cm³/mol. The average molecular weight is 330 g/mol. The first kappa shape index (κ1) is 17.7. The Morgan fingerprint density at radius 1 is 1.25 bits per heavy atom. The molecule has 1 unspecified atom stereocenters. The lowest BCUT2D eigenvalue weighted by atomic mass is 10.1. The molecule has 2 aromatic heterocycles. The standard InChI is InChI=1S/C17H22N4O3/c1-11(2)6-12(3)24-16-7-13(4-5-18-16)8-20-15-10-19-14(9-21-15)17(22)23/h4-5,7,9-12H,6,8H2,1-3H3,(H,20,21)(H,22,23). The summed E-state index contributed by atoms with van der Waals surface area (Å²) in [5.74, 6) is 0.569. The van der Waals surface area contributed by atoms with Crippen molar-refractivity contribution in [2.45, 2.75) is 39.8 Å². The second kappa shape index (κ2) is 8.24. The Morgan fingerprint density at radius 2 is 2.04 bits per heavy atom. The van der Waals surface area contributed by atoms with Gasteiger partial charge >= 0.3 is 5.97 Å². The summed E-state index contributed by atoms with van der Waals surface area (Å²) in [7, 11) is 0. The summed E-state index contributed by atoms with van der Waals surface area (Å²) in [5.41, 5.74) is 0.903. The summed E-state index contributed by atoms with van der Waals surface area (Å²) in [4.78, 5) is 22.8. The molecule has 24 heavy (non-hydrogen) atoms. The van der Waals surface area contributed by atoms with Crippen LogP contribution in [-0.2, 0) is 6.54 Å². The topological polar surface area (TPSA) is 97.2 Å². The Labute approximate surface area is 141 Å². The van der Waals surface area contributed by atoms with E-state index >= 15 is 0 Å². The van der Waals surface area contributed by atoms with Gasteiger partial charge in [-0.15, -0.1) is 0 Å². The highest BCUT2D eigenvalue weighted by atomic mass is 16.5. The molecule has 0 aliphatic rings. The quantitative estimate of drug-likeness (QED) is 0.768. The van der Waals surface area contributed by atoms with Crippen LogP contribution in [-0.4, -0.2) is 32.1 Å². The second-order valence-electron chi connectivity index (χ2n) is 6.01. The van der Waals surface area contributed by atoms with Crippen molar-refractivity contribution in [1.29, 1.82) is 0 Å². The van der Waals surface area contributed by atoms with Crippen LogP contribution in [0.4, 0.5) is 5.82 Å². The second-order valence-corrected chi connectivity index (χ2v) is 6.01. The minimum Gasteiger partial charge on any atom is -0.476 e. The summed E-state index contributed by atoms with van der Waals surface area (Å²) < 4.78 is 5.83. The number of anilines is 1. The smallest absolute Gasteiger partial charge is 0.356 e. The van der Waals surface area contributed by atoms with Crippen LogP contribution in [0.1, 0.15) is 43.2 Å². The molecule has 2 N–H and O–H groups in total. The van der Waals surface area contributed by atoms with Crippen molar-refractivity contribution in [1.82, 2.24) is 15.0 Å². The molecule has 0 aromatic carbocycles. The monoisotopic (exact) mass is 330 g/mol. The number of pyridine rings is 1. The molecule has 0 aliphatic carbocycles. The van der Waals surface area contributed by atoms with E-state index in [-0.39, 0.29) is 11.8 Å². The number of aromatic carboxylic acids is 1. The number of hydrogen-bond donors (Lipinski definition) is 2. The maximum Gasteiger partial charge on any atom is 0.356 e. The van der Waals surface area contributed by atoms with Crippen LogP contribution in [0.25, 0.3) is 0 Å². The maximum absolute atomic E-state index is 10.7. The summed E-state index contributed by atoms with van der Waals surface area (Å²) in [6.07, 6.45) is 5.39. The molecule has 2 rings (SSSR count). The van der Waals surface area contributed by atoms with Crippen molar-refractivity contribution >= 4 is 11.8 Å². The molecule has 0 amide bonds. The first-order chi connectivity index (χ1) is 11.4. The summed E-state index contributed by atoms with van der Waals surface area (Å²) >= 11 is 0. The van der Waals surface area contributed by atoms with Crippen LogP contribution in [0, 0.1) is 5.92 Å². The van der Waals surface area contributed by atoms with Gasteiger partial charge in [-0.2, -0.15) is 0 Å². The first-order valence-electron chi connectivity index (χ1n) is 7.85. The van der Waals surface area contributed by atoms with Crippen LogP contribution in [0.15, 0.2) is 30.7 Å². The molecule has 0 saturated heterocycles. The zero-order chi connectivity index (χ0) is 17.5. The van der Waals surface area contributed by atoms with E-state index in [1.165, 1.54) is 12.4 Å². The fourth-order valence-electron chi connectivity index (χ4n) is 2.27. The van der Waals surface area contributed by atoms with E-state index < -0.39 is 5.97 Å². The van der Waals surface area contributed by atoms with E-state index in [1.807, 2.05) is 19.1 Å². The van der Waals surface area contributed by atoms with Gasteiger partial charge in [-0.1, -0.05) is 13.8 Å². The molecule has 0 fully saturated rings. The maximum atomic E-state index is 10.7. The highest BCUT2D eigenvalue weighted by Crippen LogP contribution is 2.15. The molecule has 0 spiro atoms. The number of aromatic nitrogens is 3. The van der Waals surface area contributed by atoms with Gasteiger partial charge in [0.1, 0.15) is 5.82 Å². The average Bonchev–Trinajstić information content (AvgIpc) is 2.53. The predicted octanol–water partition coefficient (Wildman–Crippen LogP) is 3.00. The van der Waals surface area contributed by atoms with Gasteiger partial charge in [0.25, 0.3) is 0 Å². The normalized spacial score (nSPS) is 12.0. The largest absolute Gasteiger partial charge is 0.476 e. The van der Waals surface area contributed by atoms with Gasteiger partial charge in [-0.3, -0.25) is 0 Å². The van der Waals surface area contributed by atoms with Gasteiger partial charge in [0.2, 0.25) is 5.88 Å². The zero-order valence-electron chi connectivity index (χ0n) is 14.1. The van der Waals surface area contributed by atoms with Crippen LogP contribution in [0.2, 0.25) is 0 Å². The Bertz CT molecular complexity index is 674. The third-order valence-corrected chi connectivity index (χ3v) is 3.27. The van der Waals surface area contributed by atoms with Gasteiger partial charge in [0, 0.05) is 18.8 Å². The molecule has 0 saturated carbocycles. The molecule has 128 valence electrons. The van der Waals surface area contributed by atoms with Crippen LogP contribution in [0.5, 0.6) is 5.88 Å². The molecule has 2 aromatic rings. The SMILES string of the molecule is CC(C)CC(C)Oc1cc(CNc2cnc(C(=O)O)cn2)ccn1. The number of nitrogens with zero attached hydrogens (tertiary/aromatic N) is 3. The van der Waals surface area contributed by atoms with Crippen molar-refractivity contribution in [2.75, 3.05) is 5.32 Å². The van der Waals surface area contributed by atoms with Gasteiger partial charge in [0.05, 0.1) is 18.5 Å². The van der Waals surface area contributed by atoms with Gasteiger partial charge < -0.3 is 15.2 Å². The molecule has 0 radical (unpaired) electrons. The molecule has 7 heteroatoms. The molecule has 0 aliphatic heterocycles. The van der Waals surface area contributed by atoms with E-state index in [4.69, 9.17) is 9.84 Å². The fraction of sp³-hybridized carbons (Fsp3) is 0.412. The van der Waals surface area contributed by atoms with Crippen LogP contribution >= 0.6 is 0 Å². The third kappa shape index (κ3) is 5.49. The number of carboxylic acids is 1. The summed E-state index contributed by atoms with van der Waals surface area (Å²) in [5, 5.41) is 11.9. The molecular weight excluding hydrogens is 308 g/mol. The van der Waals surface area contributed by atoms with Crippen LogP contribution < -0.4 is 10.1 Å².